The van der Waals surface area contributed by atoms with Gasteiger partial charge in [-0.25, -0.2) is 0 Å². The Kier molecular flexibility index (Phi) is 2.03. The average molecular weight is 153 g/mol. The summed E-state index contributed by atoms with van der Waals surface area (Å²) in [5.74, 6) is 0. The zero-order valence-corrected chi connectivity index (χ0v) is 7.39. The Labute approximate surface area is 67.6 Å². The number of rotatable bonds is 0. The van der Waals surface area contributed by atoms with Crippen LogP contribution in [-0.2, 0) is 0 Å². The van der Waals surface area contributed by atoms with Crippen molar-refractivity contribution >= 4 is 5.71 Å². The molecule has 2 nitrogen and oxygen atoms in total. The lowest BCUT2D eigenvalue weighted by Gasteiger charge is -2.26. The molecular formula is C9H15NO. The molecule has 0 radical (unpaired) electrons. The predicted octanol–water partition coefficient (Wildman–Crippen LogP) is 2.58. The minimum atomic E-state index is 0.276. The van der Waals surface area contributed by atoms with E-state index in [0.29, 0.717) is 0 Å². The molecule has 0 aromatic heterocycles. The van der Waals surface area contributed by atoms with E-state index in [1.165, 1.54) is 0 Å². The first kappa shape index (κ1) is 8.31. The van der Waals surface area contributed by atoms with Crippen molar-refractivity contribution < 1.29 is 5.21 Å². The Morgan fingerprint density at radius 2 is 2.18 bits per heavy atom. The van der Waals surface area contributed by atoms with Gasteiger partial charge in [-0.15, -0.1) is 0 Å². The van der Waals surface area contributed by atoms with E-state index in [2.05, 4.69) is 25.1 Å². The van der Waals surface area contributed by atoms with Gasteiger partial charge in [-0.1, -0.05) is 25.1 Å². The van der Waals surface area contributed by atoms with E-state index in [-0.39, 0.29) is 5.41 Å². The van der Waals surface area contributed by atoms with Crippen LogP contribution in [0.5, 0.6) is 0 Å². The average Bonchev–Trinajstić information content (AvgIpc) is 1.86. The van der Waals surface area contributed by atoms with Crippen molar-refractivity contribution in [3.8, 4) is 0 Å². The van der Waals surface area contributed by atoms with Crippen molar-refractivity contribution in [3.63, 3.8) is 0 Å². The van der Waals surface area contributed by atoms with E-state index in [1.54, 1.807) is 0 Å². The predicted molar refractivity (Wildman–Crippen MR) is 46.0 cm³/mol. The molecule has 0 aliphatic heterocycles. The zero-order chi connectivity index (χ0) is 8.48. The molecule has 11 heavy (non-hydrogen) atoms. The molecule has 1 aliphatic carbocycles. The first-order valence-corrected chi connectivity index (χ1v) is 3.96. The van der Waals surface area contributed by atoms with E-state index < -0.39 is 0 Å². The first-order chi connectivity index (χ1) is 5.05. The largest absolute Gasteiger partial charge is 0.411 e. The minimum absolute atomic E-state index is 0.276. The molecular weight excluding hydrogens is 138 g/mol. The van der Waals surface area contributed by atoms with Gasteiger partial charge in [-0.3, -0.25) is 0 Å². The van der Waals surface area contributed by atoms with E-state index in [1.807, 2.05) is 6.92 Å². The molecule has 0 aromatic carbocycles. The van der Waals surface area contributed by atoms with Gasteiger partial charge in [0.05, 0.1) is 5.71 Å². The van der Waals surface area contributed by atoms with Crippen LogP contribution in [0.3, 0.4) is 0 Å². The van der Waals surface area contributed by atoms with Crippen LogP contribution in [0.15, 0.2) is 16.8 Å². The van der Waals surface area contributed by atoms with Crippen molar-refractivity contribution in [2.45, 2.75) is 33.6 Å². The van der Waals surface area contributed by atoms with Crippen LogP contribution >= 0.6 is 0 Å². The summed E-state index contributed by atoms with van der Waals surface area (Å²) in [6.07, 6.45) is 4.14. The van der Waals surface area contributed by atoms with Crippen LogP contribution in [-0.4, -0.2) is 10.9 Å². The molecule has 2 heteroatoms. The van der Waals surface area contributed by atoms with Gasteiger partial charge in [0.1, 0.15) is 0 Å². The van der Waals surface area contributed by atoms with Crippen LogP contribution in [0.2, 0.25) is 0 Å². The summed E-state index contributed by atoms with van der Waals surface area (Å²) in [5.41, 5.74) is 2.23. The lowest BCUT2D eigenvalue weighted by atomic mass is 9.79. The van der Waals surface area contributed by atoms with Crippen molar-refractivity contribution in [2.75, 3.05) is 0 Å². The zero-order valence-electron chi connectivity index (χ0n) is 7.39. The van der Waals surface area contributed by atoms with Crippen LogP contribution in [0.25, 0.3) is 0 Å². The molecule has 0 spiro atoms. The van der Waals surface area contributed by atoms with E-state index in [9.17, 15) is 0 Å². The summed E-state index contributed by atoms with van der Waals surface area (Å²) < 4.78 is 0. The second kappa shape index (κ2) is 2.68. The van der Waals surface area contributed by atoms with Gasteiger partial charge in [-0.05, 0) is 30.8 Å². The quantitative estimate of drug-likeness (QED) is 0.421. The molecule has 62 valence electrons. The lowest BCUT2D eigenvalue weighted by Crippen LogP contribution is -2.18. The summed E-state index contributed by atoms with van der Waals surface area (Å²) in [6, 6.07) is 0. The number of hydrogen-bond acceptors (Lipinski definition) is 2. The highest BCUT2D eigenvalue weighted by Crippen LogP contribution is 2.31. The Hall–Kier alpha value is -0.790. The summed E-state index contributed by atoms with van der Waals surface area (Å²) in [5, 5.41) is 11.8. The van der Waals surface area contributed by atoms with Gasteiger partial charge in [0, 0.05) is 0 Å². The third-order valence-corrected chi connectivity index (χ3v) is 2.19. The Balaban J connectivity index is 2.89. The molecule has 1 N–H and O–H groups in total. The second-order valence-corrected chi connectivity index (χ2v) is 3.86. The van der Waals surface area contributed by atoms with Crippen LogP contribution in [0.1, 0.15) is 33.6 Å². The van der Waals surface area contributed by atoms with Crippen molar-refractivity contribution in [1.82, 2.24) is 0 Å². The monoisotopic (exact) mass is 153 g/mol. The number of nitrogens with zero attached hydrogens (tertiary/aromatic N) is 1. The Bertz CT molecular complexity index is 214. The van der Waals surface area contributed by atoms with E-state index >= 15 is 0 Å². The highest BCUT2D eigenvalue weighted by Gasteiger charge is 2.22. The van der Waals surface area contributed by atoms with Gasteiger partial charge < -0.3 is 5.21 Å². The van der Waals surface area contributed by atoms with Crippen LogP contribution < -0.4 is 0 Å². The Morgan fingerprint density at radius 3 is 2.64 bits per heavy atom. The van der Waals surface area contributed by atoms with Gasteiger partial charge in [-0.2, -0.15) is 0 Å². The van der Waals surface area contributed by atoms with Crippen LogP contribution in [0, 0.1) is 5.41 Å². The smallest absolute Gasteiger partial charge is 0.0822 e. The molecule has 1 aliphatic rings. The highest BCUT2D eigenvalue weighted by molar-refractivity contribution is 6.00. The Morgan fingerprint density at radius 1 is 1.55 bits per heavy atom. The molecule has 0 unspecified atom stereocenters. The maximum atomic E-state index is 8.58. The molecule has 0 bridgehead atoms. The number of hydrogen-bond donors (Lipinski definition) is 1. The third kappa shape index (κ3) is 1.82. The summed E-state index contributed by atoms with van der Waals surface area (Å²) in [6.45, 7) is 6.39. The molecule has 0 aromatic rings. The third-order valence-electron chi connectivity index (χ3n) is 2.19. The fourth-order valence-electron chi connectivity index (χ4n) is 1.51. The molecule has 0 heterocycles. The normalized spacial score (nSPS) is 26.8. The fourth-order valence-corrected chi connectivity index (χ4v) is 1.51. The summed E-state index contributed by atoms with van der Waals surface area (Å²) in [7, 11) is 0. The summed E-state index contributed by atoms with van der Waals surface area (Å²) >= 11 is 0. The van der Waals surface area contributed by atoms with Crippen LogP contribution in [0.4, 0.5) is 0 Å². The number of allylic oxidation sites excluding steroid dienone is 2. The van der Waals surface area contributed by atoms with Gasteiger partial charge in [0.25, 0.3) is 0 Å². The summed E-state index contributed by atoms with van der Waals surface area (Å²) in [4.78, 5) is 0. The fraction of sp³-hybridized carbons (Fsp3) is 0.667. The number of oxime groups is 1. The first-order valence-electron chi connectivity index (χ1n) is 3.96. The molecule has 0 amide bonds. The lowest BCUT2D eigenvalue weighted by molar-refractivity contribution is 0.315. The maximum absolute atomic E-state index is 8.58. The highest BCUT2D eigenvalue weighted by atomic mass is 16.4. The van der Waals surface area contributed by atoms with Crippen molar-refractivity contribution in [3.05, 3.63) is 11.6 Å². The SMILES string of the molecule is CC1=CC(C)(C)CC/C1=N/O. The molecule has 1 rings (SSSR count). The van der Waals surface area contributed by atoms with Gasteiger partial charge in [0.15, 0.2) is 0 Å². The van der Waals surface area contributed by atoms with E-state index in [0.717, 1.165) is 24.1 Å². The molecule has 0 saturated heterocycles. The standard InChI is InChI=1S/C9H15NO/c1-7-6-9(2,3)5-4-8(7)10-11/h6,11H,4-5H2,1-3H3/b10-8-. The van der Waals surface area contributed by atoms with E-state index in [4.69, 9.17) is 5.21 Å². The van der Waals surface area contributed by atoms with Crippen molar-refractivity contribution in [1.29, 1.82) is 0 Å². The molecule has 0 atom stereocenters. The van der Waals surface area contributed by atoms with Crippen molar-refractivity contribution in [2.24, 2.45) is 10.6 Å². The van der Waals surface area contributed by atoms with Gasteiger partial charge >= 0.3 is 0 Å². The minimum Gasteiger partial charge on any atom is -0.411 e. The maximum Gasteiger partial charge on any atom is 0.0822 e. The molecule has 0 saturated carbocycles. The topological polar surface area (TPSA) is 32.6 Å². The molecule has 0 fully saturated rings. The van der Waals surface area contributed by atoms with Gasteiger partial charge in [0.2, 0.25) is 0 Å². The second-order valence-electron chi connectivity index (χ2n) is 3.86.